The zero-order valence-electron chi connectivity index (χ0n) is 15.6. The fourth-order valence-corrected chi connectivity index (χ4v) is 2.99. The number of hydrogen-bond acceptors (Lipinski definition) is 5. The predicted octanol–water partition coefficient (Wildman–Crippen LogP) is 3.95. The van der Waals surface area contributed by atoms with Gasteiger partial charge in [-0.15, -0.1) is 0 Å². The van der Waals surface area contributed by atoms with Crippen LogP contribution in [0.15, 0.2) is 59.3 Å². The lowest BCUT2D eigenvalue weighted by molar-refractivity contribution is -0.142. The molecule has 7 nitrogen and oxygen atoms in total. The lowest BCUT2D eigenvalue weighted by Gasteiger charge is -2.13. The fourth-order valence-electron chi connectivity index (χ4n) is 2.99. The molecule has 154 valence electrons. The summed E-state index contributed by atoms with van der Waals surface area (Å²) in [5, 5.41) is 6.33. The fraction of sp³-hybridized carbons (Fsp3) is 0.150. The molecule has 3 heterocycles. The van der Waals surface area contributed by atoms with Gasteiger partial charge in [-0.25, -0.2) is 9.50 Å². The Morgan fingerprint density at radius 3 is 2.73 bits per heavy atom. The monoisotopic (exact) mass is 416 g/mol. The van der Waals surface area contributed by atoms with Crippen LogP contribution < -0.4 is 10.1 Å². The van der Waals surface area contributed by atoms with Crippen LogP contribution in [-0.4, -0.2) is 27.6 Å². The Labute approximate surface area is 168 Å². The van der Waals surface area contributed by atoms with Crippen molar-refractivity contribution in [2.45, 2.75) is 12.7 Å². The van der Waals surface area contributed by atoms with Gasteiger partial charge in [0.2, 0.25) is 0 Å². The first-order valence-electron chi connectivity index (χ1n) is 8.78. The van der Waals surface area contributed by atoms with E-state index in [0.717, 1.165) is 12.3 Å². The normalized spacial score (nSPS) is 11.6. The number of rotatable bonds is 5. The largest absolute Gasteiger partial charge is 0.496 e. The molecule has 0 aliphatic rings. The van der Waals surface area contributed by atoms with Gasteiger partial charge in [0.25, 0.3) is 5.91 Å². The van der Waals surface area contributed by atoms with Crippen molar-refractivity contribution in [1.82, 2.24) is 19.9 Å². The summed E-state index contributed by atoms with van der Waals surface area (Å²) in [4.78, 5) is 16.9. The molecule has 1 amide bonds. The number of furan rings is 1. The number of aromatic nitrogens is 3. The van der Waals surface area contributed by atoms with E-state index >= 15 is 0 Å². The van der Waals surface area contributed by atoms with Crippen molar-refractivity contribution in [3.05, 3.63) is 71.9 Å². The van der Waals surface area contributed by atoms with E-state index in [-0.39, 0.29) is 23.4 Å². The third-order valence-electron chi connectivity index (χ3n) is 4.39. The first-order chi connectivity index (χ1) is 14.4. The smallest absolute Gasteiger partial charge is 0.433 e. The molecule has 4 rings (SSSR count). The highest BCUT2D eigenvalue weighted by Gasteiger charge is 2.36. The van der Waals surface area contributed by atoms with E-state index in [1.54, 1.807) is 36.4 Å². The average molecular weight is 416 g/mol. The molecule has 0 aliphatic heterocycles. The maximum absolute atomic E-state index is 13.7. The minimum Gasteiger partial charge on any atom is -0.496 e. The molecular formula is C20H15F3N4O3. The number of alkyl halides is 3. The number of ether oxygens (including phenoxy) is 1. The molecule has 0 aliphatic carbocycles. The summed E-state index contributed by atoms with van der Waals surface area (Å²) in [5.41, 5.74) is -1.01. The van der Waals surface area contributed by atoms with E-state index in [1.165, 1.54) is 13.4 Å². The molecular weight excluding hydrogens is 401 g/mol. The number of methoxy groups -OCH3 is 1. The highest BCUT2D eigenvalue weighted by molar-refractivity contribution is 5.99. The van der Waals surface area contributed by atoms with Crippen molar-refractivity contribution in [3.8, 4) is 17.0 Å². The van der Waals surface area contributed by atoms with Gasteiger partial charge in [0.1, 0.15) is 17.1 Å². The van der Waals surface area contributed by atoms with E-state index in [4.69, 9.17) is 9.15 Å². The highest BCUT2D eigenvalue weighted by atomic mass is 19.4. The summed E-state index contributed by atoms with van der Waals surface area (Å²) in [6.45, 7) is 0.0709. The van der Waals surface area contributed by atoms with Crippen LogP contribution in [0.2, 0.25) is 0 Å². The highest BCUT2D eigenvalue weighted by Crippen LogP contribution is 2.35. The molecule has 4 aromatic rings. The van der Waals surface area contributed by atoms with E-state index in [2.05, 4.69) is 15.4 Å². The third-order valence-corrected chi connectivity index (χ3v) is 4.39. The van der Waals surface area contributed by atoms with Crippen molar-refractivity contribution in [2.24, 2.45) is 0 Å². The maximum atomic E-state index is 13.7. The van der Waals surface area contributed by atoms with Crippen molar-refractivity contribution in [3.63, 3.8) is 0 Å². The molecule has 0 saturated heterocycles. The van der Waals surface area contributed by atoms with Crippen molar-refractivity contribution >= 4 is 11.6 Å². The van der Waals surface area contributed by atoms with Crippen LogP contribution in [0.1, 0.15) is 21.8 Å². The second kappa shape index (κ2) is 7.54. The van der Waals surface area contributed by atoms with Crippen molar-refractivity contribution < 1.29 is 27.1 Å². The molecule has 0 bridgehead atoms. The van der Waals surface area contributed by atoms with Crippen molar-refractivity contribution in [1.29, 1.82) is 0 Å². The zero-order valence-corrected chi connectivity index (χ0v) is 15.6. The first-order valence-corrected chi connectivity index (χ1v) is 8.78. The summed E-state index contributed by atoms with van der Waals surface area (Å²) in [5.74, 6) is 0.225. The van der Waals surface area contributed by atoms with Gasteiger partial charge in [0.05, 0.1) is 31.8 Å². The Kier molecular flexibility index (Phi) is 4.90. The summed E-state index contributed by atoms with van der Waals surface area (Å²) < 4.78 is 52.1. The molecule has 1 aromatic carbocycles. The van der Waals surface area contributed by atoms with Crippen LogP contribution in [0.3, 0.4) is 0 Å². The molecule has 0 saturated carbocycles. The van der Waals surface area contributed by atoms with Crippen molar-refractivity contribution in [2.75, 3.05) is 7.11 Å². The minimum atomic E-state index is -4.72. The zero-order chi connectivity index (χ0) is 21.3. The van der Waals surface area contributed by atoms with Crippen LogP contribution in [-0.2, 0) is 12.7 Å². The van der Waals surface area contributed by atoms with Gasteiger partial charge < -0.3 is 14.5 Å². The predicted molar refractivity (Wildman–Crippen MR) is 99.9 cm³/mol. The Bertz CT molecular complexity index is 1200. The number of nitrogens with zero attached hydrogens (tertiary/aromatic N) is 3. The molecule has 3 aromatic heterocycles. The Balaban J connectivity index is 1.82. The van der Waals surface area contributed by atoms with E-state index in [9.17, 15) is 18.0 Å². The molecule has 0 atom stereocenters. The second-order valence-corrected chi connectivity index (χ2v) is 6.28. The van der Waals surface area contributed by atoms with E-state index in [0.29, 0.717) is 21.6 Å². The summed E-state index contributed by atoms with van der Waals surface area (Å²) in [6, 6.07) is 10.8. The number of carbonyl (C=O) groups excluding carboxylic acids is 1. The van der Waals surface area contributed by atoms with E-state index < -0.39 is 17.8 Å². The van der Waals surface area contributed by atoms with Gasteiger partial charge in [-0.3, -0.25) is 4.79 Å². The Morgan fingerprint density at radius 2 is 2.03 bits per heavy atom. The molecule has 30 heavy (non-hydrogen) atoms. The Hall–Kier alpha value is -3.82. The standard InChI is InChI=1S/C20H15F3N4O3/c1-29-16-7-3-2-6-13(16)15-9-17(20(21,22)23)27-18(26-15)14(11-25-27)19(28)24-10-12-5-4-8-30-12/h2-9,11H,10H2,1H3,(H,24,28). The lowest BCUT2D eigenvalue weighted by atomic mass is 10.1. The number of carbonyl (C=O) groups is 1. The van der Waals surface area contributed by atoms with Crippen LogP contribution in [0, 0.1) is 0 Å². The minimum absolute atomic E-state index is 0.00728. The van der Waals surface area contributed by atoms with Crippen LogP contribution in [0.5, 0.6) is 5.75 Å². The Morgan fingerprint density at radius 1 is 1.23 bits per heavy atom. The van der Waals surface area contributed by atoms with Gasteiger partial charge in [0, 0.05) is 5.56 Å². The molecule has 10 heteroatoms. The van der Waals surface area contributed by atoms with Gasteiger partial charge in [-0.1, -0.05) is 12.1 Å². The molecule has 0 unspecified atom stereocenters. The number of halogens is 3. The van der Waals surface area contributed by atoms with Crippen LogP contribution in [0.25, 0.3) is 16.9 Å². The summed E-state index contributed by atoms with van der Waals surface area (Å²) in [6.07, 6.45) is -2.21. The van der Waals surface area contributed by atoms with Gasteiger partial charge in [-0.2, -0.15) is 18.3 Å². The van der Waals surface area contributed by atoms with Crippen LogP contribution >= 0.6 is 0 Å². The molecule has 0 spiro atoms. The van der Waals surface area contributed by atoms with Crippen LogP contribution in [0.4, 0.5) is 13.2 Å². The third kappa shape index (κ3) is 3.59. The number of para-hydroxylation sites is 1. The maximum Gasteiger partial charge on any atom is 0.433 e. The molecule has 1 N–H and O–H groups in total. The number of benzene rings is 1. The SMILES string of the molecule is COc1ccccc1-c1cc(C(F)(F)F)n2ncc(C(=O)NCc3ccco3)c2n1. The lowest BCUT2D eigenvalue weighted by Crippen LogP contribution is -2.23. The quantitative estimate of drug-likeness (QED) is 0.533. The first kappa shape index (κ1) is 19.5. The van der Waals surface area contributed by atoms with E-state index in [1.807, 2.05) is 0 Å². The number of hydrogen-bond donors (Lipinski definition) is 1. The second-order valence-electron chi connectivity index (χ2n) is 6.28. The molecule has 0 radical (unpaired) electrons. The molecule has 0 fully saturated rings. The summed E-state index contributed by atoms with van der Waals surface area (Å²) >= 11 is 0. The summed E-state index contributed by atoms with van der Waals surface area (Å²) in [7, 11) is 1.41. The number of nitrogens with one attached hydrogen (secondary N) is 1. The average Bonchev–Trinajstić information content (AvgIpc) is 3.40. The van der Waals surface area contributed by atoms with Gasteiger partial charge in [0.15, 0.2) is 11.3 Å². The van der Waals surface area contributed by atoms with Gasteiger partial charge >= 0.3 is 6.18 Å². The topological polar surface area (TPSA) is 81.7 Å². The number of amides is 1. The number of fused-ring (bicyclic) bond motifs is 1. The van der Waals surface area contributed by atoms with Gasteiger partial charge in [-0.05, 0) is 30.3 Å².